The number of aromatic nitrogens is 3. The fraction of sp³-hybridized carbons (Fsp3) is 0.240. The lowest BCUT2D eigenvalue weighted by atomic mass is 10.2. The van der Waals surface area contributed by atoms with Gasteiger partial charge in [0.25, 0.3) is 0 Å². The Hall–Kier alpha value is -3.91. The third kappa shape index (κ3) is 4.65. The molecule has 0 bridgehead atoms. The van der Waals surface area contributed by atoms with Gasteiger partial charge in [-0.3, -0.25) is 4.98 Å². The normalized spacial score (nSPS) is 13.7. The van der Waals surface area contributed by atoms with Crippen molar-refractivity contribution in [3.63, 3.8) is 0 Å². The van der Waals surface area contributed by atoms with E-state index in [0.717, 1.165) is 77.2 Å². The van der Waals surface area contributed by atoms with Gasteiger partial charge in [-0.25, -0.2) is 9.97 Å². The average Bonchev–Trinajstić information content (AvgIpc) is 2.88. The molecule has 8 nitrogen and oxygen atoms in total. The van der Waals surface area contributed by atoms with E-state index in [1.807, 2.05) is 42.6 Å². The van der Waals surface area contributed by atoms with Gasteiger partial charge < -0.3 is 25.0 Å². The molecule has 1 aliphatic heterocycles. The molecule has 1 fully saturated rings. The lowest BCUT2D eigenvalue weighted by molar-refractivity contribution is 0.395. The van der Waals surface area contributed by atoms with Gasteiger partial charge in [0.05, 0.1) is 37.1 Å². The van der Waals surface area contributed by atoms with Crippen molar-refractivity contribution in [3.8, 4) is 22.8 Å². The fourth-order valence-corrected chi connectivity index (χ4v) is 3.89. The molecule has 1 saturated heterocycles. The Morgan fingerprint density at radius 2 is 1.61 bits per heavy atom. The number of benzene rings is 2. The van der Waals surface area contributed by atoms with Crippen LogP contribution in [0.2, 0.25) is 0 Å². The topological polar surface area (TPSA) is 84.4 Å². The van der Waals surface area contributed by atoms with Gasteiger partial charge in [-0.2, -0.15) is 0 Å². The predicted octanol–water partition coefficient (Wildman–Crippen LogP) is 3.86. The van der Waals surface area contributed by atoms with Crippen molar-refractivity contribution in [3.05, 3.63) is 60.9 Å². The van der Waals surface area contributed by atoms with Crippen molar-refractivity contribution in [1.29, 1.82) is 0 Å². The van der Waals surface area contributed by atoms with Crippen LogP contribution in [0, 0.1) is 0 Å². The van der Waals surface area contributed by atoms with Crippen LogP contribution in [-0.4, -0.2) is 55.4 Å². The number of nitrogens with zero attached hydrogens (tertiary/aromatic N) is 4. The Balaban J connectivity index is 1.40. The molecule has 4 aromatic rings. The maximum atomic E-state index is 5.36. The Morgan fingerprint density at radius 1 is 0.818 bits per heavy atom. The molecular weight excluding hydrogens is 416 g/mol. The number of nitrogens with one attached hydrogen (secondary N) is 2. The first-order chi connectivity index (χ1) is 16.2. The van der Waals surface area contributed by atoms with Crippen LogP contribution >= 0.6 is 0 Å². The molecular formula is C25H26N6O2. The number of hydrogen-bond donors (Lipinski definition) is 2. The molecule has 0 atom stereocenters. The van der Waals surface area contributed by atoms with Gasteiger partial charge in [0.15, 0.2) is 0 Å². The molecule has 0 aliphatic carbocycles. The summed E-state index contributed by atoms with van der Waals surface area (Å²) in [6, 6.07) is 15.7. The van der Waals surface area contributed by atoms with Crippen LogP contribution < -0.4 is 25.0 Å². The molecule has 0 radical (unpaired) electrons. The van der Waals surface area contributed by atoms with Crippen molar-refractivity contribution in [1.82, 2.24) is 20.3 Å². The SMILES string of the molecule is COc1cc(Nc2ccc3ncc(-c4ccc(N5CCNCC5)nc4)nc3c2)cc(OC)c1. The number of pyridine rings is 1. The van der Waals surface area contributed by atoms with Crippen molar-refractivity contribution in [2.75, 3.05) is 50.6 Å². The molecule has 3 heterocycles. The zero-order valence-electron chi connectivity index (χ0n) is 18.7. The van der Waals surface area contributed by atoms with Gasteiger partial charge in [-0.1, -0.05) is 0 Å². The number of methoxy groups -OCH3 is 2. The number of anilines is 3. The standard InChI is InChI=1S/C25H26N6O2/c1-32-20-11-19(12-21(14-20)33-2)29-18-4-5-22-23(13-18)30-24(16-27-22)17-3-6-25(28-15-17)31-9-7-26-8-10-31/h3-6,11-16,26,29H,7-10H2,1-2H3. The highest BCUT2D eigenvalue weighted by atomic mass is 16.5. The number of rotatable bonds is 6. The van der Waals surface area contributed by atoms with Crippen LogP contribution in [0.15, 0.2) is 60.9 Å². The summed E-state index contributed by atoms with van der Waals surface area (Å²) in [6.07, 6.45) is 3.67. The van der Waals surface area contributed by atoms with E-state index in [1.54, 1.807) is 20.4 Å². The molecule has 8 heteroatoms. The number of ether oxygens (including phenoxy) is 2. The highest BCUT2D eigenvalue weighted by Gasteiger charge is 2.12. The van der Waals surface area contributed by atoms with Gasteiger partial charge in [-0.05, 0) is 30.3 Å². The Labute approximate surface area is 192 Å². The third-order valence-electron chi connectivity index (χ3n) is 5.67. The van der Waals surface area contributed by atoms with E-state index in [1.165, 1.54) is 0 Å². The summed E-state index contributed by atoms with van der Waals surface area (Å²) in [5, 5.41) is 6.76. The molecule has 0 unspecified atom stereocenters. The molecule has 2 aromatic carbocycles. The predicted molar refractivity (Wildman–Crippen MR) is 131 cm³/mol. The molecule has 0 saturated carbocycles. The van der Waals surface area contributed by atoms with Crippen molar-refractivity contribution in [2.45, 2.75) is 0 Å². The first kappa shape index (κ1) is 21.0. The fourth-order valence-electron chi connectivity index (χ4n) is 3.89. The Bertz CT molecular complexity index is 1230. The lowest BCUT2D eigenvalue weighted by Gasteiger charge is -2.28. The molecule has 168 valence electrons. The van der Waals surface area contributed by atoms with Crippen molar-refractivity contribution >= 4 is 28.2 Å². The average molecular weight is 443 g/mol. The summed E-state index contributed by atoms with van der Waals surface area (Å²) >= 11 is 0. The highest BCUT2D eigenvalue weighted by Crippen LogP contribution is 2.29. The van der Waals surface area contributed by atoms with Gasteiger partial charge in [0, 0.05) is 67.5 Å². The number of fused-ring (bicyclic) bond motifs is 1. The summed E-state index contributed by atoms with van der Waals surface area (Å²) in [6.45, 7) is 3.91. The molecule has 5 rings (SSSR count). The van der Waals surface area contributed by atoms with Crippen LogP contribution in [0.4, 0.5) is 17.2 Å². The minimum absolute atomic E-state index is 0.719. The molecule has 0 amide bonds. The van der Waals surface area contributed by atoms with Crippen LogP contribution in [0.1, 0.15) is 0 Å². The number of hydrogen-bond acceptors (Lipinski definition) is 8. The maximum Gasteiger partial charge on any atom is 0.128 e. The van der Waals surface area contributed by atoms with Crippen LogP contribution in [0.5, 0.6) is 11.5 Å². The summed E-state index contributed by atoms with van der Waals surface area (Å²) in [7, 11) is 3.27. The minimum Gasteiger partial charge on any atom is -0.497 e. The van der Waals surface area contributed by atoms with E-state index in [4.69, 9.17) is 14.5 Å². The van der Waals surface area contributed by atoms with E-state index < -0.39 is 0 Å². The monoisotopic (exact) mass is 442 g/mol. The van der Waals surface area contributed by atoms with E-state index in [2.05, 4.69) is 37.6 Å². The van der Waals surface area contributed by atoms with E-state index in [0.29, 0.717) is 0 Å². The van der Waals surface area contributed by atoms with Crippen molar-refractivity contribution in [2.24, 2.45) is 0 Å². The smallest absolute Gasteiger partial charge is 0.128 e. The van der Waals surface area contributed by atoms with Gasteiger partial charge in [0.1, 0.15) is 17.3 Å². The second-order valence-corrected chi connectivity index (χ2v) is 7.83. The van der Waals surface area contributed by atoms with Gasteiger partial charge in [-0.15, -0.1) is 0 Å². The van der Waals surface area contributed by atoms with Crippen molar-refractivity contribution < 1.29 is 9.47 Å². The zero-order chi connectivity index (χ0) is 22.6. The Kier molecular flexibility index (Phi) is 5.91. The first-order valence-electron chi connectivity index (χ1n) is 10.9. The van der Waals surface area contributed by atoms with E-state index >= 15 is 0 Å². The summed E-state index contributed by atoms with van der Waals surface area (Å²) in [4.78, 5) is 16.4. The van der Waals surface area contributed by atoms with Crippen LogP contribution in [0.3, 0.4) is 0 Å². The summed E-state index contributed by atoms with van der Waals surface area (Å²) in [5.74, 6) is 2.43. The van der Waals surface area contributed by atoms with Crippen LogP contribution in [-0.2, 0) is 0 Å². The van der Waals surface area contributed by atoms with Crippen LogP contribution in [0.25, 0.3) is 22.3 Å². The quantitative estimate of drug-likeness (QED) is 0.466. The first-order valence-corrected chi connectivity index (χ1v) is 10.9. The zero-order valence-corrected chi connectivity index (χ0v) is 18.7. The second kappa shape index (κ2) is 9.30. The molecule has 2 N–H and O–H groups in total. The lowest BCUT2D eigenvalue weighted by Crippen LogP contribution is -2.43. The molecule has 0 spiro atoms. The van der Waals surface area contributed by atoms with E-state index in [9.17, 15) is 0 Å². The van der Waals surface area contributed by atoms with Gasteiger partial charge in [0.2, 0.25) is 0 Å². The third-order valence-corrected chi connectivity index (χ3v) is 5.67. The molecule has 33 heavy (non-hydrogen) atoms. The van der Waals surface area contributed by atoms with E-state index in [-0.39, 0.29) is 0 Å². The Morgan fingerprint density at radius 3 is 2.30 bits per heavy atom. The second-order valence-electron chi connectivity index (χ2n) is 7.83. The number of piperazine rings is 1. The molecule has 2 aromatic heterocycles. The van der Waals surface area contributed by atoms with Gasteiger partial charge >= 0.3 is 0 Å². The minimum atomic E-state index is 0.719. The maximum absolute atomic E-state index is 5.36. The molecule has 1 aliphatic rings. The largest absolute Gasteiger partial charge is 0.497 e. The highest BCUT2D eigenvalue weighted by molar-refractivity contribution is 5.82. The summed E-state index contributed by atoms with van der Waals surface area (Å²) in [5.41, 5.74) is 5.14. The summed E-state index contributed by atoms with van der Waals surface area (Å²) < 4.78 is 10.7.